The fourth-order valence-corrected chi connectivity index (χ4v) is 4.11. The molecule has 2 fully saturated rings. The Morgan fingerprint density at radius 2 is 2.19 bits per heavy atom. The highest BCUT2D eigenvalue weighted by molar-refractivity contribution is 7.09. The van der Waals surface area contributed by atoms with Crippen LogP contribution in [0.4, 0.5) is 0 Å². The van der Waals surface area contributed by atoms with E-state index in [-0.39, 0.29) is 5.54 Å². The van der Waals surface area contributed by atoms with Gasteiger partial charge in [0.1, 0.15) is 5.01 Å². The van der Waals surface area contributed by atoms with Crippen LogP contribution in [0, 0.1) is 5.92 Å². The summed E-state index contributed by atoms with van der Waals surface area (Å²) < 4.78 is 2.00. The first-order valence-electron chi connectivity index (χ1n) is 7.88. The van der Waals surface area contributed by atoms with Gasteiger partial charge in [-0.2, -0.15) is 0 Å². The molecule has 2 aromatic heterocycles. The zero-order valence-corrected chi connectivity index (χ0v) is 13.0. The van der Waals surface area contributed by atoms with Crippen LogP contribution in [0.15, 0.2) is 17.8 Å². The molecule has 112 valence electrons. The highest BCUT2D eigenvalue weighted by Crippen LogP contribution is 2.39. The quantitative estimate of drug-likeness (QED) is 0.891. The fraction of sp³-hybridized carbons (Fsp3) is 0.667. The van der Waals surface area contributed by atoms with E-state index in [0.717, 1.165) is 24.7 Å². The van der Waals surface area contributed by atoms with E-state index in [1.807, 2.05) is 10.9 Å². The Labute approximate surface area is 128 Å². The lowest BCUT2D eigenvalue weighted by atomic mass is 9.98. The maximum Gasteiger partial charge on any atom is 0.113 e. The van der Waals surface area contributed by atoms with Gasteiger partial charge in [0.15, 0.2) is 0 Å². The Balaban J connectivity index is 1.43. The van der Waals surface area contributed by atoms with Crippen molar-refractivity contribution in [2.75, 3.05) is 0 Å². The van der Waals surface area contributed by atoms with Gasteiger partial charge >= 0.3 is 0 Å². The minimum Gasteiger partial charge on any atom is -0.300 e. The predicted octanol–water partition coefficient (Wildman–Crippen LogP) is 2.70. The lowest BCUT2D eigenvalue weighted by molar-refractivity contribution is 0.335. The molecular weight excluding hydrogens is 282 g/mol. The van der Waals surface area contributed by atoms with Gasteiger partial charge in [-0.05, 0) is 31.6 Å². The first-order chi connectivity index (χ1) is 10.3. The lowest BCUT2D eigenvalue weighted by Gasteiger charge is -2.27. The summed E-state index contributed by atoms with van der Waals surface area (Å²) in [5, 5.41) is 15.6. The van der Waals surface area contributed by atoms with E-state index in [1.165, 1.54) is 43.5 Å². The summed E-state index contributed by atoms with van der Waals surface area (Å²) in [5.41, 5.74) is 1.10. The topological polar surface area (TPSA) is 55.6 Å². The number of nitrogens with zero attached hydrogens (tertiary/aromatic N) is 4. The molecule has 0 saturated heterocycles. The summed E-state index contributed by atoms with van der Waals surface area (Å²) in [6, 6.07) is 0. The van der Waals surface area contributed by atoms with Crippen LogP contribution < -0.4 is 5.32 Å². The van der Waals surface area contributed by atoms with Crippen molar-refractivity contribution >= 4 is 11.3 Å². The monoisotopic (exact) mass is 303 g/mol. The second-order valence-electron chi connectivity index (χ2n) is 6.36. The van der Waals surface area contributed by atoms with E-state index in [1.54, 1.807) is 11.3 Å². The summed E-state index contributed by atoms with van der Waals surface area (Å²) in [6.07, 6.45) is 11.6. The van der Waals surface area contributed by atoms with E-state index >= 15 is 0 Å². The Hall–Kier alpha value is -1.27. The highest BCUT2D eigenvalue weighted by atomic mass is 32.1. The Kier molecular flexibility index (Phi) is 3.51. The van der Waals surface area contributed by atoms with Crippen molar-refractivity contribution in [2.24, 2.45) is 5.92 Å². The van der Waals surface area contributed by atoms with Gasteiger partial charge < -0.3 is 0 Å². The molecule has 0 atom stereocenters. The standard InChI is InChI=1S/C15H21N5S/c1-2-6-15(5-1,14-16-7-8-21-14)17-9-13-11-20(19-18-13)10-12-3-4-12/h7-8,11-12,17H,1-6,9-10H2. The molecule has 2 heterocycles. The van der Waals surface area contributed by atoms with E-state index in [0.29, 0.717) is 0 Å². The fourth-order valence-electron chi connectivity index (χ4n) is 3.24. The minimum absolute atomic E-state index is 0.0639. The van der Waals surface area contributed by atoms with Crippen LogP contribution in [-0.2, 0) is 18.6 Å². The van der Waals surface area contributed by atoms with Gasteiger partial charge in [0.05, 0.1) is 11.2 Å². The molecule has 2 saturated carbocycles. The van der Waals surface area contributed by atoms with Crippen LogP contribution in [0.2, 0.25) is 0 Å². The van der Waals surface area contributed by atoms with E-state index < -0.39 is 0 Å². The van der Waals surface area contributed by atoms with Gasteiger partial charge in [0.25, 0.3) is 0 Å². The molecule has 5 nitrogen and oxygen atoms in total. The molecule has 2 aliphatic carbocycles. The van der Waals surface area contributed by atoms with Gasteiger partial charge in [0, 0.05) is 30.9 Å². The first kappa shape index (κ1) is 13.4. The van der Waals surface area contributed by atoms with Crippen molar-refractivity contribution in [3.63, 3.8) is 0 Å². The Bertz CT molecular complexity index is 581. The third-order valence-electron chi connectivity index (χ3n) is 4.63. The van der Waals surface area contributed by atoms with E-state index in [9.17, 15) is 0 Å². The van der Waals surface area contributed by atoms with Crippen LogP contribution in [0.1, 0.15) is 49.2 Å². The van der Waals surface area contributed by atoms with Crippen molar-refractivity contribution in [1.82, 2.24) is 25.3 Å². The Morgan fingerprint density at radius 1 is 1.33 bits per heavy atom. The molecule has 4 rings (SSSR count). The molecular formula is C15H21N5S. The number of rotatable bonds is 6. The molecule has 2 aromatic rings. The molecule has 0 bridgehead atoms. The molecule has 0 aliphatic heterocycles. The SMILES string of the molecule is c1csc(C2(NCc3cn(CC4CC4)nn3)CCCC2)n1. The smallest absolute Gasteiger partial charge is 0.113 e. The van der Waals surface area contributed by atoms with Crippen LogP contribution in [-0.4, -0.2) is 20.0 Å². The Morgan fingerprint density at radius 3 is 2.90 bits per heavy atom. The lowest BCUT2D eigenvalue weighted by Crippen LogP contribution is -2.39. The summed E-state index contributed by atoms with van der Waals surface area (Å²) in [4.78, 5) is 4.55. The van der Waals surface area contributed by atoms with Gasteiger partial charge in [-0.15, -0.1) is 16.4 Å². The van der Waals surface area contributed by atoms with E-state index in [2.05, 4.69) is 32.2 Å². The number of hydrogen-bond acceptors (Lipinski definition) is 5. The van der Waals surface area contributed by atoms with Crippen LogP contribution in [0.25, 0.3) is 0 Å². The third kappa shape index (κ3) is 2.87. The number of aromatic nitrogens is 4. The summed E-state index contributed by atoms with van der Waals surface area (Å²) in [6.45, 7) is 1.81. The normalized spacial score (nSPS) is 21.0. The van der Waals surface area contributed by atoms with Gasteiger partial charge in [-0.1, -0.05) is 18.1 Å². The van der Waals surface area contributed by atoms with Gasteiger partial charge in [-0.3, -0.25) is 10.00 Å². The van der Waals surface area contributed by atoms with Crippen LogP contribution in [0.3, 0.4) is 0 Å². The third-order valence-corrected chi connectivity index (χ3v) is 5.61. The second kappa shape index (κ2) is 5.50. The van der Waals surface area contributed by atoms with Crippen molar-refractivity contribution in [2.45, 2.75) is 57.2 Å². The van der Waals surface area contributed by atoms with Crippen LogP contribution >= 0.6 is 11.3 Å². The molecule has 0 aromatic carbocycles. The maximum atomic E-state index is 4.55. The zero-order valence-electron chi connectivity index (χ0n) is 12.2. The van der Waals surface area contributed by atoms with Crippen molar-refractivity contribution in [3.05, 3.63) is 28.5 Å². The number of nitrogens with one attached hydrogen (secondary N) is 1. The van der Waals surface area contributed by atoms with Gasteiger partial charge in [-0.25, -0.2) is 4.98 Å². The minimum atomic E-state index is 0.0639. The zero-order chi connectivity index (χ0) is 14.1. The van der Waals surface area contributed by atoms with Crippen LogP contribution in [0.5, 0.6) is 0 Å². The average molecular weight is 303 g/mol. The van der Waals surface area contributed by atoms with Crippen molar-refractivity contribution < 1.29 is 0 Å². The predicted molar refractivity (Wildman–Crippen MR) is 81.8 cm³/mol. The van der Waals surface area contributed by atoms with Gasteiger partial charge in [0.2, 0.25) is 0 Å². The molecule has 21 heavy (non-hydrogen) atoms. The maximum absolute atomic E-state index is 4.55. The molecule has 0 unspecified atom stereocenters. The molecule has 0 amide bonds. The molecule has 2 aliphatic rings. The number of thiazole rings is 1. The first-order valence-corrected chi connectivity index (χ1v) is 8.76. The summed E-state index contributed by atoms with van der Waals surface area (Å²) in [7, 11) is 0. The molecule has 0 radical (unpaired) electrons. The van der Waals surface area contributed by atoms with E-state index in [4.69, 9.17) is 0 Å². The molecule has 1 N–H and O–H groups in total. The summed E-state index contributed by atoms with van der Waals surface area (Å²) >= 11 is 1.76. The number of hydrogen-bond donors (Lipinski definition) is 1. The average Bonchev–Trinajstić information content (AvgIpc) is 2.97. The summed E-state index contributed by atoms with van der Waals surface area (Å²) in [5.74, 6) is 0.837. The highest BCUT2D eigenvalue weighted by Gasteiger charge is 2.37. The molecule has 6 heteroatoms. The largest absolute Gasteiger partial charge is 0.300 e. The van der Waals surface area contributed by atoms with Crippen molar-refractivity contribution in [1.29, 1.82) is 0 Å². The van der Waals surface area contributed by atoms with Crippen molar-refractivity contribution in [3.8, 4) is 0 Å². The second-order valence-corrected chi connectivity index (χ2v) is 7.25. The molecule has 0 spiro atoms.